The highest BCUT2D eigenvalue weighted by Crippen LogP contribution is 2.32. The fourth-order valence-corrected chi connectivity index (χ4v) is 2.94. The van der Waals surface area contributed by atoms with Crippen molar-refractivity contribution in [2.45, 2.75) is 25.8 Å². The number of nitrogens with two attached hydrogens (primary N) is 1. The molecule has 3 aromatic rings. The Kier molecular flexibility index (Phi) is 6.70. The summed E-state index contributed by atoms with van der Waals surface area (Å²) in [6.45, 7) is 5.09. The third-order valence-electron chi connectivity index (χ3n) is 4.36. The maximum absolute atomic E-state index is 14.5. The van der Waals surface area contributed by atoms with Crippen LogP contribution in [0.15, 0.2) is 53.5 Å². The number of carbonyl (C=O) groups is 1. The average molecular weight is 468 g/mol. The molecule has 33 heavy (non-hydrogen) atoms. The molecule has 1 atom stereocenters. The molecule has 0 saturated heterocycles. The molecule has 2 aromatic carbocycles. The molecule has 1 heterocycles. The predicted molar refractivity (Wildman–Crippen MR) is 106 cm³/mol. The molecule has 0 fully saturated rings. The van der Waals surface area contributed by atoms with Gasteiger partial charge in [0.1, 0.15) is 28.6 Å². The van der Waals surface area contributed by atoms with E-state index in [2.05, 4.69) is 16.3 Å². The molecule has 1 unspecified atom stereocenters. The van der Waals surface area contributed by atoms with Crippen LogP contribution in [-0.4, -0.2) is 17.3 Å². The van der Waals surface area contributed by atoms with Crippen molar-refractivity contribution in [3.05, 3.63) is 77.9 Å². The summed E-state index contributed by atoms with van der Waals surface area (Å²) in [6, 6.07) is 6.78. The number of carbonyl (C=O) groups excluding carboxylic acids is 1. The van der Waals surface area contributed by atoms with E-state index in [1.807, 2.05) is 0 Å². The fraction of sp³-hybridized carbons (Fsp3) is 0.182. The highest BCUT2D eigenvalue weighted by molar-refractivity contribution is 5.93. The SMILES string of the molecule is C=CCc1oc(C(C)Oc2ccc(F)c(C(N)=O)c2F)nc1-c1ccc(OC(F)(F)F)cc1. The first-order valence-electron chi connectivity index (χ1n) is 9.41. The number of nitrogens with zero attached hydrogens (tertiary/aromatic N) is 1. The molecule has 0 radical (unpaired) electrons. The van der Waals surface area contributed by atoms with Gasteiger partial charge in [-0.15, -0.1) is 19.8 Å². The van der Waals surface area contributed by atoms with Crippen molar-refractivity contribution in [1.29, 1.82) is 0 Å². The molecule has 1 aromatic heterocycles. The van der Waals surface area contributed by atoms with Crippen LogP contribution in [0.1, 0.15) is 35.0 Å². The zero-order valence-corrected chi connectivity index (χ0v) is 17.1. The molecule has 2 N–H and O–H groups in total. The summed E-state index contributed by atoms with van der Waals surface area (Å²) in [7, 11) is 0. The lowest BCUT2D eigenvalue weighted by Crippen LogP contribution is -2.17. The molecule has 11 heteroatoms. The first-order valence-corrected chi connectivity index (χ1v) is 9.41. The highest BCUT2D eigenvalue weighted by atomic mass is 19.4. The third-order valence-corrected chi connectivity index (χ3v) is 4.36. The average Bonchev–Trinajstić information content (AvgIpc) is 3.14. The topological polar surface area (TPSA) is 87.6 Å². The quantitative estimate of drug-likeness (QED) is 0.349. The number of alkyl halides is 3. The van der Waals surface area contributed by atoms with Gasteiger partial charge in [-0.05, 0) is 43.3 Å². The van der Waals surface area contributed by atoms with Crippen molar-refractivity contribution < 1.29 is 40.6 Å². The molecule has 174 valence electrons. The van der Waals surface area contributed by atoms with E-state index in [0.29, 0.717) is 17.0 Å². The molecule has 1 amide bonds. The molecule has 0 saturated carbocycles. The van der Waals surface area contributed by atoms with Crippen molar-refractivity contribution in [2.75, 3.05) is 0 Å². The van der Waals surface area contributed by atoms with Crippen molar-refractivity contribution in [3.8, 4) is 22.8 Å². The number of aromatic nitrogens is 1. The number of hydrogen-bond donors (Lipinski definition) is 1. The predicted octanol–water partition coefficient (Wildman–Crippen LogP) is 5.49. The second-order valence-electron chi connectivity index (χ2n) is 6.75. The lowest BCUT2D eigenvalue weighted by Gasteiger charge is -2.13. The smallest absolute Gasteiger partial charge is 0.478 e. The van der Waals surface area contributed by atoms with Gasteiger partial charge in [-0.25, -0.2) is 13.8 Å². The Morgan fingerprint density at radius 3 is 2.45 bits per heavy atom. The second kappa shape index (κ2) is 9.31. The molecule has 0 aliphatic carbocycles. The van der Waals surface area contributed by atoms with Gasteiger partial charge in [-0.3, -0.25) is 4.79 Å². The van der Waals surface area contributed by atoms with Crippen LogP contribution in [0.25, 0.3) is 11.3 Å². The Hall–Kier alpha value is -3.89. The molecule has 0 bridgehead atoms. The monoisotopic (exact) mass is 468 g/mol. The van der Waals surface area contributed by atoms with Crippen LogP contribution < -0.4 is 15.2 Å². The van der Waals surface area contributed by atoms with Crippen LogP contribution in [0.4, 0.5) is 22.0 Å². The van der Waals surface area contributed by atoms with E-state index < -0.39 is 47.1 Å². The van der Waals surface area contributed by atoms with Gasteiger partial charge in [0, 0.05) is 12.0 Å². The maximum Gasteiger partial charge on any atom is 0.573 e. The maximum atomic E-state index is 14.5. The number of rotatable bonds is 8. The number of allylic oxidation sites excluding steroid dienone is 1. The number of hydrogen-bond acceptors (Lipinski definition) is 5. The molecular weight excluding hydrogens is 451 g/mol. The van der Waals surface area contributed by atoms with Gasteiger partial charge in [0.2, 0.25) is 5.89 Å². The zero-order chi connectivity index (χ0) is 24.3. The summed E-state index contributed by atoms with van der Waals surface area (Å²) < 4.78 is 80.3. The van der Waals surface area contributed by atoms with Crippen LogP contribution >= 0.6 is 0 Å². The molecule has 3 rings (SSSR count). The second-order valence-corrected chi connectivity index (χ2v) is 6.75. The summed E-state index contributed by atoms with van der Waals surface area (Å²) in [6.07, 6.45) is -4.06. The Balaban J connectivity index is 1.90. The van der Waals surface area contributed by atoms with Gasteiger partial charge in [0.15, 0.2) is 17.7 Å². The number of primary amides is 1. The summed E-state index contributed by atoms with van der Waals surface area (Å²) in [4.78, 5) is 15.6. The van der Waals surface area contributed by atoms with E-state index in [-0.39, 0.29) is 12.3 Å². The van der Waals surface area contributed by atoms with E-state index >= 15 is 0 Å². The summed E-state index contributed by atoms with van der Waals surface area (Å²) in [5.41, 5.74) is 4.79. The number of ether oxygens (including phenoxy) is 2. The molecule has 0 spiro atoms. The lowest BCUT2D eigenvalue weighted by molar-refractivity contribution is -0.274. The van der Waals surface area contributed by atoms with Crippen molar-refractivity contribution >= 4 is 5.91 Å². The Bertz CT molecular complexity index is 1170. The van der Waals surface area contributed by atoms with Crippen molar-refractivity contribution in [3.63, 3.8) is 0 Å². The first kappa shape index (κ1) is 23.8. The van der Waals surface area contributed by atoms with Crippen LogP contribution in [0.3, 0.4) is 0 Å². The minimum atomic E-state index is -4.83. The Labute approximate surface area is 184 Å². The van der Waals surface area contributed by atoms with Crippen LogP contribution in [0.5, 0.6) is 11.5 Å². The largest absolute Gasteiger partial charge is 0.573 e. The number of halogens is 5. The van der Waals surface area contributed by atoms with E-state index in [0.717, 1.165) is 24.3 Å². The van der Waals surface area contributed by atoms with Crippen LogP contribution in [-0.2, 0) is 6.42 Å². The third kappa shape index (κ3) is 5.48. The molecule has 0 aliphatic heterocycles. The van der Waals surface area contributed by atoms with Gasteiger partial charge in [-0.2, -0.15) is 0 Å². The van der Waals surface area contributed by atoms with Gasteiger partial charge < -0.3 is 19.6 Å². The summed E-state index contributed by atoms with van der Waals surface area (Å²) in [5, 5.41) is 0. The minimum Gasteiger partial charge on any atom is -0.478 e. The van der Waals surface area contributed by atoms with Gasteiger partial charge in [0.05, 0.1) is 0 Å². The summed E-state index contributed by atoms with van der Waals surface area (Å²) in [5.74, 6) is -4.23. The lowest BCUT2D eigenvalue weighted by atomic mass is 10.1. The Morgan fingerprint density at radius 1 is 1.21 bits per heavy atom. The molecule has 6 nitrogen and oxygen atoms in total. The standard InChI is InChI=1S/C22H17F5N2O4/c1-3-4-16-19(12-5-7-13(8-6-12)33-22(25,26)27)29-21(32-16)11(2)31-15-10-9-14(23)17(18(15)24)20(28)30/h3,5-11H,1,4H2,2H3,(H2,28,30). The molecular formula is C22H17F5N2O4. The zero-order valence-electron chi connectivity index (χ0n) is 17.1. The van der Waals surface area contributed by atoms with Gasteiger partial charge >= 0.3 is 6.36 Å². The van der Waals surface area contributed by atoms with Gasteiger partial charge in [-0.1, -0.05) is 6.08 Å². The van der Waals surface area contributed by atoms with E-state index in [4.69, 9.17) is 14.9 Å². The summed E-state index contributed by atoms with van der Waals surface area (Å²) >= 11 is 0. The van der Waals surface area contributed by atoms with E-state index in [9.17, 15) is 26.7 Å². The minimum absolute atomic E-state index is 0.00168. The van der Waals surface area contributed by atoms with Crippen LogP contribution in [0, 0.1) is 11.6 Å². The highest BCUT2D eigenvalue weighted by Gasteiger charge is 2.31. The van der Waals surface area contributed by atoms with Crippen molar-refractivity contribution in [2.24, 2.45) is 5.73 Å². The number of benzene rings is 2. The normalized spacial score (nSPS) is 12.3. The van der Waals surface area contributed by atoms with Crippen LogP contribution in [0.2, 0.25) is 0 Å². The number of amides is 1. The first-order chi connectivity index (χ1) is 15.5. The van der Waals surface area contributed by atoms with E-state index in [1.165, 1.54) is 25.1 Å². The Morgan fingerprint density at radius 2 is 1.88 bits per heavy atom. The van der Waals surface area contributed by atoms with Gasteiger partial charge in [0.25, 0.3) is 5.91 Å². The van der Waals surface area contributed by atoms with E-state index in [1.54, 1.807) is 0 Å². The van der Waals surface area contributed by atoms with Crippen molar-refractivity contribution in [1.82, 2.24) is 4.98 Å². The number of oxazole rings is 1. The fourth-order valence-electron chi connectivity index (χ4n) is 2.94. The molecule has 0 aliphatic rings.